The molecule has 5 nitrogen and oxygen atoms in total. The maximum absolute atomic E-state index is 5.61. The minimum atomic E-state index is -2.48. The van der Waals surface area contributed by atoms with E-state index in [1.807, 2.05) is 0 Å². The fourth-order valence-corrected chi connectivity index (χ4v) is 7.48. The van der Waals surface area contributed by atoms with Gasteiger partial charge in [-0.3, -0.25) is 4.90 Å². The molecule has 0 bridgehead atoms. The summed E-state index contributed by atoms with van der Waals surface area (Å²) in [4.78, 5) is 5.38. The second kappa shape index (κ2) is 9.25. The molecule has 1 aliphatic rings. The molecule has 1 heterocycles. The third kappa shape index (κ3) is 5.90. The van der Waals surface area contributed by atoms with Crippen molar-refractivity contribution < 1.29 is 13.3 Å². The molecule has 0 spiro atoms. The van der Waals surface area contributed by atoms with Crippen molar-refractivity contribution in [2.45, 2.75) is 58.0 Å². The summed E-state index contributed by atoms with van der Waals surface area (Å²) in [7, 11) is 1.88. The van der Waals surface area contributed by atoms with Gasteiger partial charge in [-0.15, -0.1) is 0 Å². The van der Waals surface area contributed by atoms with Gasteiger partial charge >= 0.3 is 8.80 Å². The molecule has 0 aromatic heterocycles. The maximum Gasteiger partial charge on any atom is 0.500 e. The van der Waals surface area contributed by atoms with Crippen LogP contribution < -0.4 is 0 Å². The molecular formula is C17H40N2O3Si2. The van der Waals surface area contributed by atoms with Crippen molar-refractivity contribution in [2.24, 2.45) is 5.92 Å². The van der Waals surface area contributed by atoms with Crippen molar-refractivity contribution in [1.82, 2.24) is 9.80 Å². The first-order chi connectivity index (χ1) is 11.1. The van der Waals surface area contributed by atoms with Crippen molar-refractivity contribution >= 4 is 17.6 Å². The summed E-state index contributed by atoms with van der Waals surface area (Å²) in [5.74, 6) is 0.507. The fraction of sp³-hybridized carbons (Fsp3) is 1.00. The zero-order chi connectivity index (χ0) is 18.5. The highest BCUT2D eigenvalue weighted by molar-refractivity contribution is 6.60. The van der Waals surface area contributed by atoms with Gasteiger partial charge in [0.2, 0.25) is 0 Å². The molecule has 0 radical (unpaired) electrons. The molecule has 0 amide bonds. The standard InChI is InChI=1S/C17H40N2O3Si2/c1-15(14-24(20-5,21-6)22-7)12-18-10-11-19(17(2,3)4)13-16(18)23(8)9/h15-16,23H,10-14H2,1-9H3. The lowest BCUT2D eigenvalue weighted by Gasteiger charge is -2.49. The van der Waals surface area contributed by atoms with Crippen molar-refractivity contribution in [3.05, 3.63) is 0 Å². The lowest BCUT2D eigenvalue weighted by Crippen LogP contribution is -2.62. The molecule has 1 fully saturated rings. The van der Waals surface area contributed by atoms with Gasteiger partial charge in [0.15, 0.2) is 0 Å². The molecular weight excluding hydrogens is 336 g/mol. The highest BCUT2D eigenvalue weighted by atomic mass is 28.4. The molecule has 144 valence electrons. The van der Waals surface area contributed by atoms with Gasteiger partial charge in [-0.1, -0.05) is 20.0 Å². The Morgan fingerprint density at radius 3 is 2.04 bits per heavy atom. The average molecular weight is 377 g/mol. The van der Waals surface area contributed by atoms with E-state index in [9.17, 15) is 0 Å². The molecule has 0 aromatic rings. The summed E-state index contributed by atoms with van der Waals surface area (Å²) >= 11 is 0. The summed E-state index contributed by atoms with van der Waals surface area (Å²) in [6.45, 7) is 18.9. The summed E-state index contributed by atoms with van der Waals surface area (Å²) < 4.78 is 16.8. The van der Waals surface area contributed by atoms with Gasteiger partial charge in [-0.2, -0.15) is 0 Å². The zero-order valence-electron chi connectivity index (χ0n) is 17.4. The van der Waals surface area contributed by atoms with Crippen LogP contribution in [-0.2, 0) is 13.3 Å². The lowest BCUT2D eigenvalue weighted by molar-refractivity contribution is 0.0393. The van der Waals surface area contributed by atoms with E-state index >= 15 is 0 Å². The van der Waals surface area contributed by atoms with E-state index in [4.69, 9.17) is 13.3 Å². The van der Waals surface area contributed by atoms with Gasteiger partial charge in [-0.25, -0.2) is 0 Å². The monoisotopic (exact) mass is 376 g/mol. The molecule has 1 saturated heterocycles. The van der Waals surface area contributed by atoms with Crippen LogP contribution in [0.4, 0.5) is 0 Å². The topological polar surface area (TPSA) is 34.2 Å². The summed E-state index contributed by atoms with van der Waals surface area (Å²) in [5.41, 5.74) is 1.01. The van der Waals surface area contributed by atoms with E-state index in [0.717, 1.165) is 24.8 Å². The van der Waals surface area contributed by atoms with E-state index in [0.29, 0.717) is 5.92 Å². The largest absolute Gasteiger partial charge is 0.500 e. The van der Waals surface area contributed by atoms with Crippen LogP contribution in [0.5, 0.6) is 0 Å². The Labute approximate surface area is 152 Å². The van der Waals surface area contributed by atoms with E-state index in [2.05, 4.69) is 50.6 Å². The molecule has 24 heavy (non-hydrogen) atoms. The second-order valence-corrected chi connectivity index (χ2v) is 14.8. The quantitative estimate of drug-likeness (QED) is 0.607. The maximum atomic E-state index is 5.61. The fourth-order valence-electron chi connectivity index (χ4n) is 3.71. The van der Waals surface area contributed by atoms with Crippen LogP contribution in [0.15, 0.2) is 0 Å². The Morgan fingerprint density at radius 1 is 1.08 bits per heavy atom. The minimum Gasteiger partial charge on any atom is -0.377 e. The molecule has 1 rings (SSSR count). The van der Waals surface area contributed by atoms with Crippen molar-refractivity contribution in [2.75, 3.05) is 47.5 Å². The van der Waals surface area contributed by atoms with Crippen LogP contribution in [0.1, 0.15) is 27.7 Å². The zero-order valence-corrected chi connectivity index (χ0v) is 19.5. The molecule has 0 aromatic carbocycles. The highest BCUT2D eigenvalue weighted by Crippen LogP contribution is 2.25. The summed E-state index contributed by atoms with van der Waals surface area (Å²) in [6, 6.07) is 0.877. The van der Waals surface area contributed by atoms with Crippen molar-refractivity contribution in [3.63, 3.8) is 0 Å². The molecule has 2 unspecified atom stereocenters. The predicted octanol–water partition coefficient (Wildman–Crippen LogP) is 2.31. The van der Waals surface area contributed by atoms with Gasteiger partial charge in [0, 0.05) is 64.8 Å². The van der Waals surface area contributed by atoms with Crippen LogP contribution in [0.25, 0.3) is 0 Å². The molecule has 0 aliphatic carbocycles. The molecule has 1 aliphatic heterocycles. The first kappa shape index (κ1) is 22.3. The minimum absolute atomic E-state index is 0.267. The Hall–Kier alpha value is 0.234. The number of rotatable bonds is 8. The Balaban J connectivity index is 2.72. The molecule has 7 heteroatoms. The van der Waals surface area contributed by atoms with E-state index in [1.165, 1.54) is 13.1 Å². The van der Waals surface area contributed by atoms with Crippen molar-refractivity contribution in [1.29, 1.82) is 0 Å². The molecule has 0 saturated carbocycles. The first-order valence-electron chi connectivity index (χ1n) is 9.23. The normalized spacial score (nSPS) is 23.0. The second-order valence-electron chi connectivity index (χ2n) is 8.53. The Kier molecular flexibility index (Phi) is 8.59. The van der Waals surface area contributed by atoms with Crippen molar-refractivity contribution in [3.8, 4) is 0 Å². The predicted molar refractivity (Wildman–Crippen MR) is 106 cm³/mol. The summed E-state index contributed by atoms with van der Waals surface area (Å²) in [5, 5.41) is 0. The molecule has 2 atom stereocenters. The van der Waals surface area contributed by atoms with Crippen LogP contribution in [0.2, 0.25) is 19.1 Å². The number of piperazine rings is 1. The smallest absolute Gasteiger partial charge is 0.377 e. The van der Waals surface area contributed by atoms with E-state index in [-0.39, 0.29) is 5.54 Å². The van der Waals surface area contributed by atoms with E-state index < -0.39 is 17.6 Å². The third-order valence-electron chi connectivity index (χ3n) is 5.33. The highest BCUT2D eigenvalue weighted by Gasteiger charge is 2.41. The number of hydrogen-bond donors (Lipinski definition) is 0. The third-order valence-corrected chi connectivity index (χ3v) is 10.6. The van der Waals surface area contributed by atoms with Gasteiger partial charge < -0.3 is 18.2 Å². The Morgan fingerprint density at radius 2 is 1.62 bits per heavy atom. The molecule has 0 N–H and O–H groups in total. The van der Waals surface area contributed by atoms with Gasteiger partial charge in [0.1, 0.15) is 0 Å². The van der Waals surface area contributed by atoms with Gasteiger partial charge in [0.05, 0.1) is 8.80 Å². The lowest BCUT2D eigenvalue weighted by atomic mass is 10.0. The Bertz CT molecular complexity index is 365. The van der Waals surface area contributed by atoms with Crippen LogP contribution in [-0.4, -0.2) is 86.1 Å². The van der Waals surface area contributed by atoms with Crippen LogP contribution in [0.3, 0.4) is 0 Å². The first-order valence-corrected chi connectivity index (χ1v) is 14.1. The van der Waals surface area contributed by atoms with Crippen LogP contribution >= 0.6 is 0 Å². The van der Waals surface area contributed by atoms with Gasteiger partial charge in [-0.05, 0) is 26.7 Å². The number of nitrogens with zero attached hydrogens (tertiary/aromatic N) is 2. The van der Waals surface area contributed by atoms with E-state index in [1.54, 1.807) is 21.3 Å². The summed E-state index contributed by atoms with van der Waals surface area (Å²) in [6.07, 6.45) is 0. The van der Waals surface area contributed by atoms with Crippen LogP contribution in [0, 0.1) is 5.92 Å². The average Bonchev–Trinajstić information content (AvgIpc) is 2.51. The number of hydrogen-bond acceptors (Lipinski definition) is 5. The van der Waals surface area contributed by atoms with Gasteiger partial charge in [0.25, 0.3) is 0 Å². The SMILES string of the molecule is CO[Si](CC(C)CN1CCN(C(C)(C)C)CC1[SiH](C)C)(OC)OC.